The van der Waals surface area contributed by atoms with E-state index in [2.05, 4.69) is 5.32 Å². The zero-order valence-electron chi connectivity index (χ0n) is 14.9. The minimum absolute atomic E-state index is 0.184. The number of hydrogen-bond acceptors (Lipinski definition) is 3. The highest BCUT2D eigenvalue weighted by Crippen LogP contribution is 2.30. The lowest BCUT2D eigenvalue weighted by molar-refractivity contribution is -0.124. The van der Waals surface area contributed by atoms with Crippen molar-refractivity contribution in [2.24, 2.45) is 0 Å². The molecular formula is C21H20N2O3S. The monoisotopic (exact) mass is 380 g/mol. The van der Waals surface area contributed by atoms with Crippen molar-refractivity contribution in [3.63, 3.8) is 0 Å². The zero-order valence-corrected chi connectivity index (χ0v) is 15.7. The van der Waals surface area contributed by atoms with Crippen molar-refractivity contribution in [3.05, 3.63) is 77.9 Å². The number of fused-ring (bicyclic) bond motifs is 2. The first-order chi connectivity index (χ1) is 13.0. The fourth-order valence-corrected chi connectivity index (χ4v) is 5.21. The molecule has 0 bridgehead atoms. The fraction of sp³-hybridized carbons (Fsp3) is 0.190. The van der Waals surface area contributed by atoms with Crippen molar-refractivity contribution >= 4 is 26.7 Å². The SMILES string of the molecule is CNC(=O)[C@@H]1Cc2ccccc2CN1S(=O)(=O)c1ccc2ccccc2c1. The van der Waals surface area contributed by atoms with E-state index in [-0.39, 0.29) is 17.3 Å². The van der Waals surface area contributed by atoms with E-state index in [9.17, 15) is 13.2 Å². The van der Waals surface area contributed by atoms with Crippen LogP contribution in [0.15, 0.2) is 71.6 Å². The summed E-state index contributed by atoms with van der Waals surface area (Å²) in [6, 6.07) is 19.6. The molecule has 0 saturated carbocycles. The van der Waals surface area contributed by atoms with Gasteiger partial charge in [-0.2, -0.15) is 4.31 Å². The molecule has 4 rings (SSSR count). The van der Waals surface area contributed by atoms with Crippen molar-refractivity contribution in [1.29, 1.82) is 0 Å². The third-order valence-electron chi connectivity index (χ3n) is 5.08. The molecule has 3 aromatic rings. The number of rotatable bonds is 3. The van der Waals surface area contributed by atoms with Crippen molar-refractivity contribution in [2.75, 3.05) is 7.05 Å². The van der Waals surface area contributed by atoms with Crippen LogP contribution in [-0.2, 0) is 27.8 Å². The number of amides is 1. The molecule has 5 nitrogen and oxygen atoms in total. The Kier molecular flexibility index (Phi) is 4.45. The molecule has 1 atom stereocenters. The third kappa shape index (κ3) is 3.11. The Balaban J connectivity index is 1.80. The highest BCUT2D eigenvalue weighted by Gasteiger charge is 2.39. The van der Waals surface area contributed by atoms with Crippen molar-refractivity contribution < 1.29 is 13.2 Å². The molecule has 0 aliphatic carbocycles. The van der Waals surface area contributed by atoms with Gasteiger partial charge in [-0.25, -0.2) is 8.42 Å². The Morgan fingerprint density at radius 2 is 1.63 bits per heavy atom. The van der Waals surface area contributed by atoms with Gasteiger partial charge < -0.3 is 5.32 Å². The zero-order chi connectivity index (χ0) is 19.0. The van der Waals surface area contributed by atoms with Gasteiger partial charge in [0.05, 0.1) is 4.90 Å². The van der Waals surface area contributed by atoms with Gasteiger partial charge in [0.15, 0.2) is 0 Å². The smallest absolute Gasteiger partial charge is 0.244 e. The van der Waals surface area contributed by atoms with Gasteiger partial charge in [-0.05, 0) is 40.5 Å². The Labute approximate surface area is 158 Å². The van der Waals surface area contributed by atoms with E-state index in [1.54, 1.807) is 18.2 Å². The van der Waals surface area contributed by atoms with Gasteiger partial charge in [-0.15, -0.1) is 0 Å². The van der Waals surface area contributed by atoms with E-state index in [1.165, 1.54) is 11.4 Å². The van der Waals surface area contributed by atoms with Crippen LogP contribution in [0.4, 0.5) is 0 Å². The summed E-state index contributed by atoms with van der Waals surface area (Å²) in [5, 5.41) is 4.43. The Bertz CT molecular complexity index is 1120. The van der Waals surface area contributed by atoms with Gasteiger partial charge in [0, 0.05) is 13.6 Å². The molecule has 0 saturated heterocycles. The summed E-state index contributed by atoms with van der Waals surface area (Å²) in [5.74, 6) is -0.297. The summed E-state index contributed by atoms with van der Waals surface area (Å²) < 4.78 is 28.2. The molecule has 1 N–H and O–H groups in total. The molecular weight excluding hydrogens is 360 g/mol. The predicted molar refractivity (Wildman–Crippen MR) is 105 cm³/mol. The van der Waals surface area contributed by atoms with Crippen LogP contribution >= 0.6 is 0 Å². The maximum atomic E-state index is 13.4. The van der Waals surface area contributed by atoms with Crippen LogP contribution in [0.5, 0.6) is 0 Å². The van der Waals surface area contributed by atoms with Crippen LogP contribution < -0.4 is 5.32 Å². The summed E-state index contributed by atoms with van der Waals surface area (Å²) in [6.07, 6.45) is 0.364. The fourth-order valence-electron chi connectivity index (χ4n) is 3.60. The lowest BCUT2D eigenvalue weighted by Gasteiger charge is -2.34. The average molecular weight is 380 g/mol. The van der Waals surface area contributed by atoms with E-state index >= 15 is 0 Å². The number of carbonyl (C=O) groups excluding carboxylic acids is 1. The second-order valence-corrected chi connectivity index (χ2v) is 8.55. The van der Waals surface area contributed by atoms with E-state index < -0.39 is 16.1 Å². The molecule has 3 aromatic carbocycles. The highest BCUT2D eigenvalue weighted by atomic mass is 32.2. The molecule has 1 aliphatic rings. The first-order valence-corrected chi connectivity index (χ1v) is 10.2. The molecule has 138 valence electrons. The maximum Gasteiger partial charge on any atom is 0.244 e. The Morgan fingerprint density at radius 3 is 2.37 bits per heavy atom. The summed E-state index contributed by atoms with van der Waals surface area (Å²) in [5.41, 5.74) is 1.94. The van der Waals surface area contributed by atoms with Gasteiger partial charge in [-0.3, -0.25) is 4.79 Å². The van der Waals surface area contributed by atoms with E-state index in [4.69, 9.17) is 0 Å². The quantitative estimate of drug-likeness (QED) is 0.760. The van der Waals surface area contributed by atoms with Gasteiger partial charge in [-0.1, -0.05) is 54.6 Å². The van der Waals surface area contributed by atoms with Crippen LogP contribution in [0, 0.1) is 0 Å². The molecule has 0 spiro atoms. The highest BCUT2D eigenvalue weighted by molar-refractivity contribution is 7.89. The van der Waals surface area contributed by atoms with Crippen molar-refractivity contribution in [2.45, 2.75) is 23.9 Å². The van der Waals surface area contributed by atoms with Gasteiger partial charge in [0.25, 0.3) is 0 Å². The lowest BCUT2D eigenvalue weighted by Crippen LogP contribution is -2.51. The molecule has 1 amide bonds. The molecule has 0 fully saturated rings. The summed E-state index contributed by atoms with van der Waals surface area (Å²) >= 11 is 0. The number of likely N-dealkylation sites (N-methyl/N-ethyl adjacent to an activating group) is 1. The summed E-state index contributed by atoms with van der Waals surface area (Å²) in [4.78, 5) is 12.7. The molecule has 1 heterocycles. The molecule has 0 aromatic heterocycles. The number of carbonyl (C=O) groups is 1. The lowest BCUT2D eigenvalue weighted by atomic mass is 9.95. The summed E-state index contributed by atoms with van der Waals surface area (Å²) in [7, 11) is -2.30. The van der Waals surface area contributed by atoms with E-state index in [1.807, 2.05) is 48.5 Å². The largest absolute Gasteiger partial charge is 0.358 e. The molecule has 1 aliphatic heterocycles. The third-order valence-corrected chi connectivity index (χ3v) is 6.93. The number of benzene rings is 3. The Hall–Kier alpha value is -2.70. The van der Waals surface area contributed by atoms with Gasteiger partial charge >= 0.3 is 0 Å². The van der Waals surface area contributed by atoms with Crippen molar-refractivity contribution in [1.82, 2.24) is 9.62 Å². The van der Waals surface area contributed by atoms with Crippen LogP contribution in [0.3, 0.4) is 0 Å². The van der Waals surface area contributed by atoms with E-state index in [0.29, 0.717) is 6.42 Å². The number of sulfonamides is 1. The normalized spacial score (nSPS) is 17.4. The number of hydrogen-bond donors (Lipinski definition) is 1. The topological polar surface area (TPSA) is 66.5 Å². The molecule has 0 radical (unpaired) electrons. The van der Waals surface area contributed by atoms with Gasteiger partial charge in [0.2, 0.25) is 15.9 Å². The van der Waals surface area contributed by atoms with Crippen LogP contribution in [0.25, 0.3) is 10.8 Å². The second kappa shape index (κ2) is 6.79. The maximum absolute atomic E-state index is 13.4. The first kappa shape index (κ1) is 17.7. The molecule has 27 heavy (non-hydrogen) atoms. The molecule has 6 heteroatoms. The average Bonchev–Trinajstić information content (AvgIpc) is 2.71. The standard InChI is InChI=1S/C21H20N2O3S/c1-22-21(24)20-13-17-8-4-5-9-18(17)14-23(20)27(25,26)19-11-10-15-6-2-3-7-16(15)12-19/h2-12,20H,13-14H2,1H3,(H,22,24)/t20-/m0/s1. The molecule has 0 unspecified atom stereocenters. The number of nitrogens with zero attached hydrogens (tertiary/aromatic N) is 1. The predicted octanol–water partition coefficient (Wildman–Crippen LogP) is 2.70. The minimum atomic E-state index is -3.83. The van der Waals surface area contributed by atoms with Crippen molar-refractivity contribution in [3.8, 4) is 0 Å². The number of nitrogens with one attached hydrogen (secondary N) is 1. The van der Waals surface area contributed by atoms with Crippen LogP contribution in [0.1, 0.15) is 11.1 Å². The van der Waals surface area contributed by atoms with Crippen LogP contribution in [-0.4, -0.2) is 31.7 Å². The van der Waals surface area contributed by atoms with E-state index in [0.717, 1.165) is 21.9 Å². The minimum Gasteiger partial charge on any atom is -0.358 e. The second-order valence-electron chi connectivity index (χ2n) is 6.66. The summed E-state index contributed by atoms with van der Waals surface area (Å²) in [6.45, 7) is 0.184. The first-order valence-electron chi connectivity index (χ1n) is 8.80. The Morgan fingerprint density at radius 1 is 0.963 bits per heavy atom. The van der Waals surface area contributed by atoms with Crippen LogP contribution in [0.2, 0.25) is 0 Å². The van der Waals surface area contributed by atoms with Gasteiger partial charge in [0.1, 0.15) is 6.04 Å².